The van der Waals surface area contributed by atoms with Crippen LogP contribution in [0.3, 0.4) is 0 Å². The number of amides is 1. The van der Waals surface area contributed by atoms with Gasteiger partial charge in [0.2, 0.25) is 0 Å². The van der Waals surface area contributed by atoms with Crippen molar-refractivity contribution in [2.24, 2.45) is 0 Å². The molecule has 0 aliphatic rings. The van der Waals surface area contributed by atoms with E-state index >= 15 is 0 Å². The highest BCUT2D eigenvalue weighted by Crippen LogP contribution is 2.12. The lowest BCUT2D eigenvalue weighted by Crippen LogP contribution is -2.53. The number of ether oxygens (including phenoxy) is 1. The van der Waals surface area contributed by atoms with Gasteiger partial charge >= 0.3 is 5.97 Å². The summed E-state index contributed by atoms with van der Waals surface area (Å²) in [6.07, 6.45) is 0.244. The summed E-state index contributed by atoms with van der Waals surface area (Å²) in [6, 6.07) is 5.36. The summed E-state index contributed by atoms with van der Waals surface area (Å²) in [7, 11) is 0. The van der Waals surface area contributed by atoms with Crippen molar-refractivity contribution in [3.63, 3.8) is 0 Å². The Morgan fingerprint density at radius 3 is 2.68 bits per heavy atom. The number of halogens is 1. The molecule has 1 unspecified atom stereocenters. The maximum atomic E-state index is 12.9. The second-order valence-corrected chi connectivity index (χ2v) is 4.29. The SMILES string of the molecule is CCC(C)(NC(=O)COc1cccc(F)c1)C(=O)O. The molecular weight excluding hydrogens is 253 g/mol. The molecule has 5 nitrogen and oxygen atoms in total. The molecule has 19 heavy (non-hydrogen) atoms. The molecule has 0 fully saturated rings. The molecule has 104 valence electrons. The van der Waals surface area contributed by atoms with E-state index in [9.17, 15) is 14.0 Å². The first-order chi connectivity index (χ1) is 8.87. The minimum absolute atomic E-state index is 0.212. The summed E-state index contributed by atoms with van der Waals surface area (Å²) in [5, 5.41) is 11.4. The monoisotopic (exact) mass is 269 g/mol. The van der Waals surface area contributed by atoms with Gasteiger partial charge in [0.05, 0.1) is 0 Å². The van der Waals surface area contributed by atoms with Gasteiger partial charge in [0.1, 0.15) is 17.1 Å². The van der Waals surface area contributed by atoms with Crippen molar-refractivity contribution in [1.29, 1.82) is 0 Å². The molecule has 0 aliphatic heterocycles. The summed E-state index contributed by atoms with van der Waals surface area (Å²) < 4.78 is 17.9. The number of hydrogen-bond donors (Lipinski definition) is 2. The molecule has 0 radical (unpaired) electrons. The molecule has 1 amide bonds. The average Bonchev–Trinajstić information content (AvgIpc) is 2.36. The van der Waals surface area contributed by atoms with Gasteiger partial charge in [-0.05, 0) is 25.5 Å². The largest absolute Gasteiger partial charge is 0.484 e. The molecule has 0 bridgehead atoms. The van der Waals surface area contributed by atoms with Gasteiger partial charge in [-0.25, -0.2) is 9.18 Å². The maximum Gasteiger partial charge on any atom is 0.329 e. The van der Waals surface area contributed by atoms with Crippen molar-refractivity contribution in [3.8, 4) is 5.75 Å². The molecule has 1 aromatic carbocycles. The van der Waals surface area contributed by atoms with Crippen LogP contribution in [-0.4, -0.2) is 29.1 Å². The van der Waals surface area contributed by atoms with E-state index in [-0.39, 0.29) is 18.8 Å². The van der Waals surface area contributed by atoms with E-state index < -0.39 is 23.2 Å². The lowest BCUT2D eigenvalue weighted by atomic mass is 9.99. The van der Waals surface area contributed by atoms with Gasteiger partial charge in [0, 0.05) is 6.07 Å². The maximum absolute atomic E-state index is 12.9. The van der Waals surface area contributed by atoms with Crippen LogP contribution in [0.15, 0.2) is 24.3 Å². The highest BCUT2D eigenvalue weighted by molar-refractivity contribution is 5.87. The number of carboxylic acid groups (broad SMARTS) is 1. The van der Waals surface area contributed by atoms with Crippen LogP contribution in [0, 0.1) is 5.82 Å². The second-order valence-electron chi connectivity index (χ2n) is 4.29. The normalized spacial score (nSPS) is 13.4. The molecule has 0 aliphatic carbocycles. The first-order valence-corrected chi connectivity index (χ1v) is 5.80. The Morgan fingerprint density at radius 2 is 2.16 bits per heavy atom. The Kier molecular flexibility index (Phi) is 4.86. The first-order valence-electron chi connectivity index (χ1n) is 5.80. The van der Waals surface area contributed by atoms with Crippen LogP contribution in [-0.2, 0) is 9.59 Å². The first kappa shape index (κ1) is 14.9. The van der Waals surface area contributed by atoms with Gasteiger partial charge in [-0.15, -0.1) is 0 Å². The number of hydrogen-bond acceptors (Lipinski definition) is 3. The highest BCUT2D eigenvalue weighted by atomic mass is 19.1. The summed E-state index contributed by atoms with van der Waals surface area (Å²) in [5.41, 5.74) is -1.33. The van der Waals surface area contributed by atoms with Gasteiger partial charge in [0.25, 0.3) is 5.91 Å². The Bertz CT molecular complexity index is 477. The smallest absolute Gasteiger partial charge is 0.329 e. The number of rotatable bonds is 6. The van der Waals surface area contributed by atoms with Crippen molar-refractivity contribution in [2.45, 2.75) is 25.8 Å². The van der Waals surface area contributed by atoms with Crippen molar-refractivity contribution < 1.29 is 23.8 Å². The quantitative estimate of drug-likeness (QED) is 0.822. The van der Waals surface area contributed by atoms with Crippen molar-refractivity contribution in [3.05, 3.63) is 30.1 Å². The molecule has 0 heterocycles. The molecule has 0 aromatic heterocycles. The summed E-state index contributed by atoms with van der Waals surface area (Å²) >= 11 is 0. The fraction of sp³-hybridized carbons (Fsp3) is 0.385. The number of aliphatic carboxylic acids is 1. The van der Waals surface area contributed by atoms with Crippen molar-refractivity contribution in [2.75, 3.05) is 6.61 Å². The van der Waals surface area contributed by atoms with E-state index in [1.54, 1.807) is 6.92 Å². The zero-order chi connectivity index (χ0) is 14.5. The predicted octanol–water partition coefficient (Wildman–Crippen LogP) is 1.57. The number of carboxylic acids is 1. The van der Waals surface area contributed by atoms with E-state index in [0.717, 1.165) is 6.07 Å². The average molecular weight is 269 g/mol. The van der Waals surface area contributed by atoms with Crippen LogP contribution in [0.4, 0.5) is 4.39 Å². The van der Waals surface area contributed by atoms with E-state index in [4.69, 9.17) is 9.84 Å². The van der Waals surface area contributed by atoms with E-state index in [1.807, 2.05) is 0 Å². The van der Waals surface area contributed by atoms with Crippen LogP contribution >= 0.6 is 0 Å². The second kappa shape index (κ2) is 6.17. The molecule has 0 saturated heterocycles. The topological polar surface area (TPSA) is 75.6 Å². The Morgan fingerprint density at radius 1 is 1.47 bits per heavy atom. The zero-order valence-corrected chi connectivity index (χ0v) is 10.8. The Labute approximate surface area is 110 Å². The van der Waals surface area contributed by atoms with Crippen LogP contribution in [0.1, 0.15) is 20.3 Å². The fourth-order valence-corrected chi connectivity index (χ4v) is 1.34. The minimum Gasteiger partial charge on any atom is -0.484 e. The third kappa shape index (κ3) is 4.24. The zero-order valence-electron chi connectivity index (χ0n) is 10.8. The van der Waals surface area contributed by atoms with Crippen LogP contribution in [0.5, 0.6) is 5.75 Å². The molecule has 1 aromatic rings. The van der Waals surface area contributed by atoms with Gasteiger partial charge < -0.3 is 15.2 Å². The minimum atomic E-state index is -1.33. The Hall–Kier alpha value is -2.11. The Balaban J connectivity index is 2.54. The highest BCUT2D eigenvalue weighted by Gasteiger charge is 2.32. The molecule has 2 N–H and O–H groups in total. The number of carbonyl (C=O) groups excluding carboxylic acids is 1. The molecule has 1 rings (SSSR count). The number of benzene rings is 1. The molecular formula is C13H16FNO4. The standard InChI is InChI=1S/C13H16FNO4/c1-3-13(2,12(17)18)15-11(16)8-19-10-6-4-5-9(14)7-10/h4-7H,3,8H2,1-2H3,(H,15,16)(H,17,18). The molecule has 1 atom stereocenters. The van der Waals surface area contributed by atoms with Gasteiger partial charge in [-0.3, -0.25) is 4.79 Å². The fourth-order valence-electron chi connectivity index (χ4n) is 1.34. The van der Waals surface area contributed by atoms with Crippen molar-refractivity contribution in [1.82, 2.24) is 5.32 Å². The predicted molar refractivity (Wildman–Crippen MR) is 66.4 cm³/mol. The molecule has 0 saturated carbocycles. The van der Waals surface area contributed by atoms with E-state index in [1.165, 1.54) is 25.1 Å². The van der Waals surface area contributed by atoms with E-state index in [2.05, 4.69) is 5.32 Å². The van der Waals surface area contributed by atoms with E-state index in [0.29, 0.717) is 0 Å². The van der Waals surface area contributed by atoms with Crippen LogP contribution in [0.2, 0.25) is 0 Å². The summed E-state index contributed by atoms with van der Waals surface area (Å²) in [6.45, 7) is 2.70. The van der Waals surface area contributed by atoms with Crippen LogP contribution < -0.4 is 10.1 Å². The summed E-state index contributed by atoms with van der Waals surface area (Å²) in [4.78, 5) is 22.6. The molecule has 6 heteroatoms. The van der Waals surface area contributed by atoms with Gasteiger partial charge in [-0.1, -0.05) is 13.0 Å². The lowest BCUT2D eigenvalue weighted by molar-refractivity contribution is -0.147. The third-order valence-electron chi connectivity index (χ3n) is 2.76. The lowest BCUT2D eigenvalue weighted by Gasteiger charge is -2.24. The van der Waals surface area contributed by atoms with Crippen molar-refractivity contribution >= 4 is 11.9 Å². The third-order valence-corrected chi connectivity index (χ3v) is 2.76. The number of nitrogens with one attached hydrogen (secondary N) is 1. The van der Waals surface area contributed by atoms with Gasteiger partial charge in [0.15, 0.2) is 6.61 Å². The van der Waals surface area contributed by atoms with Gasteiger partial charge in [-0.2, -0.15) is 0 Å². The summed E-state index contributed by atoms with van der Waals surface area (Å²) in [5.74, 6) is -1.95. The van der Waals surface area contributed by atoms with Crippen LogP contribution in [0.25, 0.3) is 0 Å². The molecule has 0 spiro atoms. The number of carbonyl (C=O) groups is 2.